The van der Waals surface area contributed by atoms with Gasteiger partial charge in [-0.3, -0.25) is 9.78 Å². The second-order valence-corrected chi connectivity index (χ2v) is 4.74. The van der Waals surface area contributed by atoms with Crippen LogP contribution in [0.15, 0.2) is 24.5 Å². The molecule has 0 aliphatic heterocycles. The van der Waals surface area contributed by atoms with Crippen LogP contribution in [0.5, 0.6) is 0 Å². The Morgan fingerprint density at radius 1 is 1.47 bits per heavy atom. The van der Waals surface area contributed by atoms with Crippen molar-refractivity contribution in [3.63, 3.8) is 0 Å². The summed E-state index contributed by atoms with van der Waals surface area (Å²) in [5.74, 6) is -0.527. The van der Waals surface area contributed by atoms with Crippen molar-refractivity contribution in [2.24, 2.45) is 5.92 Å². The first kappa shape index (κ1) is 13.3. The third kappa shape index (κ3) is 4.57. The quantitative estimate of drug-likeness (QED) is 0.804. The number of hydrogen-bond acceptors (Lipinski definition) is 3. The Morgan fingerprint density at radius 3 is 2.84 bits per heavy atom. The van der Waals surface area contributed by atoms with E-state index >= 15 is 0 Å². The molecule has 1 aromatic heterocycles. The van der Waals surface area contributed by atoms with E-state index in [0.29, 0.717) is 19.0 Å². The lowest BCUT2D eigenvalue weighted by Crippen LogP contribution is -2.43. The van der Waals surface area contributed by atoms with Crippen LogP contribution in [0.4, 0.5) is 4.79 Å². The number of carbonyl (C=O) groups excluding carboxylic acids is 1. The number of rotatable bonds is 6. The van der Waals surface area contributed by atoms with Crippen LogP contribution in [-0.2, 0) is 11.3 Å². The molecule has 102 valence electrons. The van der Waals surface area contributed by atoms with Gasteiger partial charge in [-0.2, -0.15) is 0 Å². The van der Waals surface area contributed by atoms with Crippen molar-refractivity contribution in [1.29, 1.82) is 0 Å². The van der Waals surface area contributed by atoms with E-state index in [4.69, 9.17) is 5.11 Å². The lowest BCUT2D eigenvalue weighted by molar-refractivity contribution is -0.137. The highest BCUT2D eigenvalue weighted by Gasteiger charge is 2.27. The third-order valence-electron chi connectivity index (χ3n) is 2.96. The molecule has 0 aromatic carbocycles. The maximum Gasteiger partial charge on any atom is 0.323 e. The van der Waals surface area contributed by atoms with Gasteiger partial charge in [-0.15, -0.1) is 0 Å². The molecule has 1 fully saturated rings. The molecule has 1 heterocycles. The molecule has 0 radical (unpaired) electrons. The first-order valence-electron chi connectivity index (χ1n) is 6.28. The van der Waals surface area contributed by atoms with E-state index in [0.717, 1.165) is 18.4 Å². The maximum atomic E-state index is 11.9. The molecule has 19 heavy (non-hydrogen) atoms. The summed E-state index contributed by atoms with van der Waals surface area (Å²) in [5.41, 5.74) is 0.887. The summed E-state index contributed by atoms with van der Waals surface area (Å²) in [5, 5.41) is 11.5. The predicted molar refractivity (Wildman–Crippen MR) is 68.4 cm³/mol. The van der Waals surface area contributed by atoms with E-state index in [2.05, 4.69) is 10.3 Å². The third-order valence-corrected chi connectivity index (χ3v) is 2.96. The van der Waals surface area contributed by atoms with E-state index in [9.17, 15) is 9.59 Å². The predicted octanol–water partition coefficient (Wildman–Crippen LogP) is 1.09. The monoisotopic (exact) mass is 263 g/mol. The Bertz CT molecular complexity index is 446. The van der Waals surface area contributed by atoms with Crippen LogP contribution in [-0.4, -0.2) is 40.1 Å². The summed E-state index contributed by atoms with van der Waals surface area (Å²) in [6.07, 6.45) is 5.48. The first-order valence-corrected chi connectivity index (χ1v) is 6.28. The molecule has 2 N–H and O–H groups in total. The van der Waals surface area contributed by atoms with Gasteiger partial charge in [0.2, 0.25) is 0 Å². The van der Waals surface area contributed by atoms with Crippen LogP contribution >= 0.6 is 0 Å². The van der Waals surface area contributed by atoms with E-state index in [1.54, 1.807) is 18.5 Å². The fraction of sp³-hybridized carbons (Fsp3) is 0.462. The highest BCUT2D eigenvalue weighted by atomic mass is 16.4. The number of carboxylic acid groups (broad SMARTS) is 1. The van der Waals surface area contributed by atoms with E-state index in [1.807, 2.05) is 6.07 Å². The molecule has 1 aromatic rings. The highest BCUT2D eigenvalue weighted by molar-refractivity contribution is 5.80. The van der Waals surface area contributed by atoms with E-state index in [-0.39, 0.29) is 12.6 Å². The number of amides is 2. The van der Waals surface area contributed by atoms with Crippen molar-refractivity contribution in [2.75, 3.05) is 13.1 Å². The van der Waals surface area contributed by atoms with Gasteiger partial charge in [0.1, 0.15) is 6.54 Å². The number of pyridine rings is 1. The molecular formula is C13H17N3O3. The van der Waals surface area contributed by atoms with E-state index in [1.165, 1.54) is 4.90 Å². The van der Waals surface area contributed by atoms with Gasteiger partial charge in [-0.05, 0) is 30.4 Å². The fourth-order valence-corrected chi connectivity index (χ4v) is 1.79. The zero-order valence-electron chi connectivity index (χ0n) is 10.6. The Hall–Kier alpha value is -2.11. The van der Waals surface area contributed by atoms with Gasteiger partial charge < -0.3 is 15.3 Å². The number of urea groups is 1. The summed E-state index contributed by atoms with van der Waals surface area (Å²) in [6.45, 7) is 0.619. The molecule has 6 nitrogen and oxygen atoms in total. The van der Waals surface area contributed by atoms with Crippen LogP contribution < -0.4 is 5.32 Å². The van der Waals surface area contributed by atoms with E-state index < -0.39 is 5.97 Å². The molecule has 0 saturated heterocycles. The minimum absolute atomic E-state index is 0.255. The Morgan fingerprint density at radius 2 is 2.26 bits per heavy atom. The minimum atomic E-state index is -0.989. The van der Waals surface area contributed by atoms with Crippen molar-refractivity contribution >= 4 is 12.0 Å². The molecule has 0 bridgehead atoms. The normalized spacial score (nSPS) is 13.9. The molecule has 0 spiro atoms. The number of carbonyl (C=O) groups is 2. The second-order valence-electron chi connectivity index (χ2n) is 4.74. The Labute approximate surface area is 111 Å². The summed E-state index contributed by atoms with van der Waals surface area (Å²) in [7, 11) is 0. The molecule has 1 aliphatic rings. The lowest BCUT2D eigenvalue weighted by Gasteiger charge is -2.21. The van der Waals surface area contributed by atoms with Crippen LogP contribution in [0.2, 0.25) is 0 Å². The fourth-order valence-electron chi connectivity index (χ4n) is 1.79. The molecule has 0 atom stereocenters. The molecule has 6 heteroatoms. The summed E-state index contributed by atoms with van der Waals surface area (Å²) in [4.78, 5) is 28.0. The number of aromatic nitrogens is 1. The summed E-state index contributed by atoms with van der Waals surface area (Å²) in [6, 6.07) is 3.31. The molecule has 1 saturated carbocycles. The zero-order chi connectivity index (χ0) is 13.7. The van der Waals surface area contributed by atoms with Gasteiger partial charge in [0, 0.05) is 25.5 Å². The standard InChI is InChI=1S/C13H17N3O3/c17-12(18)9-16(8-10-3-4-10)13(19)15-7-11-2-1-5-14-6-11/h1-2,5-6,10H,3-4,7-9H2,(H,15,19)(H,17,18). The zero-order valence-corrected chi connectivity index (χ0v) is 10.6. The average molecular weight is 263 g/mol. The van der Waals surface area contributed by atoms with Gasteiger partial charge in [0.05, 0.1) is 0 Å². The highest BCUT2D eigenvalue weighted by Crippen LogP contribution is 2.29. The van der Waals surface area contributed by atoms with Gasteiger partial charge in [-0.1, -0.05) is 6.07 Å². The number of carboxylic acids is 1. The first-order chi connectivity index (χ1) is 9.15. The average Bonchev–Trinajstić information content (AvgIpc) is 3.20. The SMILES string of the molecule is O=C(O)CN(CC1CC1)C(=O)NCc1cccnc1. The van der Waals surface area contributed by atoms with Crippen molar-refractivity contribution in [3.05, 3.63) is 30.1 Å². The maximum absolute atomic E-state index is 11.9. The summed E-state index contributed by atoms with van der Waals surface area (Å²) >= 11 is 0. The van der Waals surface area contributed by atoms with Crippen molar-refractivity contribution in [2.45, 2.75) is 19.4 Å². The molecule has 0 unspecified atom stereocenters. The molecule has 2 amide bonds. The van der Waals surface area contributed by atoms with Crippen LogP contribution in [0.1, 0.15) is 18.4 Å². The van der Waals surface area contributed by atoms with Crippen molar-refractivity contribution in [3.8, 4) is 0 Å². The number of aliphatic carboxylic acids is 1. The minimum Gasteiger partial charge on any atom is -0.480 e. The van der Waals surface area contributed by atoms with Gasteiger partial charge in [-0.25, -0.2) is 4.79 Å². The number of nitrogens with one attached hydrogen (secondary N) is 1. The lowest BCUT2D eigenvalue weighted by atomic mass is 10.3. The Balaban J connectivity index is 1.85. The van der Waals surface area contributed by atoms with Gasteiger partial charge in [0.15, 0.2) is 0 Å². The second kappa shape index (κ2) is 6.17. The number of nitrogens with zero attached hydrogens (tertiary/aromatic N) is 2. The molecule has 1 aliphatic carbocycles. The smallest absolute Gasteiger partial charge is 0.323 e. The van der Waals surface area contributed by atoms with Crippen LogP contribution in [0.25, 0.3) is 0 Å². The Kier molecular flexibility index (Phi) is 4.33. The molecular weight excluding hydrogens is 246 g/mol. The van der Waals surface area contributed by atoms with Gasteiger partial charge in [0.25, 0.3) is 0 Å². The molecule has 2 rings (SSSR count). The largest absolute Gasteiger partial charge is 0.480 e. The van der Waals surface area contributed by atoms with Crippen molar-refractivity contribution < 1.29 is 14.7 Å². The van der Waals surface area contributed by atoms with Gasteiger partial charge >= 0.3 is 12.0 Å². The summed E-state index contributed by atoms with van der Waals surface area (Å²) < 4.78 is 0. The number of hydrogen-bond donors (Lipinski definition) is 2. The van der Waals surface area contributed by atoms with Crippen LogP contribution in [0, 0.1) is 5.92 Å². The topological polar surface area (TPSA) is 82.5 Å². The van der Waals surface area contributed by atoms with Crippen LogP contribution in [0.3, 0.4) is 0 Å². The van der Waals surface area contributed by atoms with Crippen molar-refractivity contribution in [1.82, 2.24) is 15.2 Å².